The number of rotatable bonds is 4. The van der Waals surface area contributed by atoms with Crippen LogP contribution in [0.25, 0.3) is 0 Å². The third kappa shape index (κ3) is 4.75. The van der Waals surface area contributed by atoms with Crippen molar-refractivity contribution in [2.24, 2.45) is 0 Å². The summed E-state index contributed by atoms with van der Waals surface area (Å²) in [5, 5.41) is 8.94. The van der Waals surface area contributed by atoms with E-state index in [4.69, 9.17) is 4.42 Å². The lowest BCUT2D eigenvalue weighted by Gasteiger charge is -2.35. The lowest BCUT2D eigenvalue weighted by Crippen LogP contribution is -2.49. The van der Waals surface area contributed by atoms with Gasteiger partial charge in [-0.3, -0.25) is 4.79 Å². The van der Waals surface area contributed by atoms with E-state index in [-0.39, 0.29) is 16.8 Å². The number of carbonyl (C=O) groups is 1. The van der Waals surface area contributed by atoms with E-state index in [9.17, 15) is 18.5 Å². The van der Waals surface area contributed by atoms with Crippen LogP contribution in [0.2, 0.25) is 0 Å². The number of aromatic nitrogens is 1. The molecule has 29 heavy (non-hydrogen) atoms. The predicted octanol–water partition coefficient (Wildman–Crippen LogP) is 1.59. The summed E-state index contributed by atoms with van der Waals surface area (Å²) in [6.45, 7) is 6.99. The molecule has 3 heterocycles. The summed E-state index contributed by atoms with van der Waals surface area (Å²) in [5.74, 6) is 0.202. The SMILES string of the molecule is CC(C)(C)NS(=O)(=O)c1ccc(C(=O)N2CCN(c3ncccc3C#N)CC2)o1. The Hall–Kier alpha value is -2.90. The number of carbonyl (C=O) groups excluding carboxylic acids is 1. The number of hydrogen-bond donors (Lipinski definition) is 1. The highest BCUT2D eigenvalue weighted by Gasteiger charge is 2.29. The van der Waals surface area contributed by atoms with E-state index in [0.717, 1.165) is 0 Å². The van der Waals surface area contributed by atoms with E-state index >= 15 is 0 Å². The van der Waals surface area contributed by atoms with E-state index in [1.54, 1.807) is 44.0 Å². The molecule has 0 saturated carbocycles. The molecule has 1 saturated heterocycles. The summed E-state index contributed by atoms with van der Waals surface area (Å²) < 4.78 is 32.5. The predicted molar refractivity (Wildman–Crippen MR) is 106 cm³/mol. The first-order valence-corrected chi connectivity index (χ1v) is 10.6. The Kier molecular flexibility index (Phi) is 5.64. The zero-order chi connectivity index (χ0) is 21.2. The minimum atomic E-state index is -3.85. The lowest BCUT2D eigenvalue weighted by atomic mass is 10.1. The molecule has 1 aliphatic heterocycles. The molecule has 0 radical (unpaired) electrons. The molecule has 1 amide bonds. The van der Waals surface area contributed by atoms with Crippen LogP contribution in [0.1, 0.15) is 36.9 Å². The maximum absolute atomic E-state index is 12.7. The molecule has 0 aliphatic carbocycles. The van der Waals surface area contributed by atoms with Crippen LogP contribution in [0.3, 0.4) is 0 Å². The van der Waals surface area contributed by atoms with Crippen molar-refractivity contribution in [2.45, 2.75) is 31.4 Å². The number of anilines is 1. The second kappa shape index (κ2) is 7.85. The monoisotopic (exact) mass is 417 g/mol. The number of hydrogen-bond acceptors (Lipinski definition) is 7. The van der Waals surface area contributed by atoms with Gasteiger partial charge in [0.15, 0.2) is 5.76 Å². The van der Waals surface area contributed by atoms with Gasteiger partial charge in [0.05, 0.1) is 5.56 Å². The van der Waals surface area contributed by atoms with Gasteiger partial charge in [-0.05, 0) is 45.0 Å². The fourth-order valence-corrected chi connectivity index (χ4v) is 4.40. The van der Waals surface area contributed by atoms with Crippen molar-refractivity contribution in [3.63, 3.8) is 0 Å². The van der Waals surface area contributed by atoms with Gasteiger partial charge in [0, 0.05) is 37.9 Å². The van der Waals surface area contributed by atoms with Crippen LogP contribution in [-0.4, -0.2) is 55.9 Å². The highest BCUT2D eigenvalue weighted by molar-refractivity contribution is 7.89. The van der Waals surface area contributed by atoms with Crippen molar-refractivity contribution >= 4 is 21.7 Å². The van der Waals surface area contributed by atoms with Gasteiger partial charge in [-0.15, -0.1) is 0 Å². The highest BCUT2D eigenvalue weighted by atomic mass is 32.2. The fraction of sp³-hybridized carbons (Fsp3) is 0.421. The van der Waals surface area contributed by atoms with Crippen molar-refractivity contribution in [3.05, 3.63) is 41.8 Å². The summed E-state index contributed by atoms with van der Waals surface area (Å²) in [6, 6.07) is 8.19. The van der Waals surface area contributed by atoms with Gasteiger partial charge in [0.2, 0.25) is 5.09 Å². The topological polar surface area (TPSA) is 120 Å². The summed E-state index contributed by atoms with van der Waals surface area (Å²) in [5.41, 5.74) is -0.181. The summed E-state index contributed by atoms with van der Waals surface area (Å²) in [6.07, 6.45) is 1.63. The number of amides is 1. The largest absolute Gasteiger partial charge is 0.438 e. The highest BCUT2D eigenvalue weighted by Crippen LogP contribution is 2.21. The average molecular weight is 417 g/mol. The molecular formula is C19H23N5O4S. The van der Waals surface area contributed by atoms with Gasteiger partial charge in [-0.1, -0.05) is 0 Å². The Labute approximate surface area is 170 Å². The minimum Gasteiger partial charge on any atom is -0.438 e. The van der Waals surface area contributed by atoms with Gasteiger partial charge in [0.1, 0.15) is 11.9 Å². The van der Waals surface area contributed by atoms with Gasteiger partial charge < -0.3 is 14.2 Å². The Morgan fingerprint density at radius 3 is 2.52 bits per heavy atom. The molecule has 3 rings (SSSR count). The molecule has 0 atom stereocenters. The maximum atomic E-state index is 12.7. The number of nitrogens with zero attached hydrogens (tertiary/aromatic N) is 4. The molecule has 0 bridgehead atoms. The molecule has 2 aromatic heterocycles. The number of piperazine rings is 1. The molecule has 10 heteroatoms. The summed E-state index contributed by atoms with van der Waals surface area (Å²) >= 11 is 0. The van der Waals surface area contributed by atoms with Crippen LogP contribution in [0.5, 0.6) is 0 Å². The van der Waals surface area contributed by atoms with Gasteiger partial charge in [-0.2, -0.15) is 5.26 Å². The van der Waals surface area contributed by atoms with E-state index in [1.165, 1.54) is 12.1 Å². The zero-order valence-corrected chi connectivity index (χ0v) is 17.4. The van der Waals surface area contributed by atoms with Gasteiger partial charge >= 0.3 is 0 Å². The Morgan fingerprint density at radius 2 is 1.90 bits per heavy atom. The molecule has 0 unspecified atom stereocenters. The Morgan fingerprint density at radius 1 is 1.21 bits per heavy atom. The van der Waals surface area contributed by atoms with Crippen LogP contribution in [0.4, 0.5) is 5.82 Å². The van der Waals surface area contributed by atoms with E-state index < -0.39 is 15.6 Å². The Balaban J connectivity index is 1.68. The van der Waals surface area contributed by atoms with Crippen molar-refractivity contribution in [1.82, 2.24) is 14.6 Å². The van der Waals surface area contributed by atoms with Crippen LogP contribution in [0.15, 0.2) is 40.0 Å². The third-order valence-electron chi connectivity index (χ3n) is 4.27. The standard InChI is InChI=1S/C19H23N5O4S/c1-19(2,3)22-29(26,27)16-7-6-15(28-16)18(25)24-11-9-23(10-12-24)17-14(13-20)5-4-8-21-17/h4-8,22H,9-12H2,1-3H3. The molecule has 0 spiro atoms. The first-order valence-electron chi connectivity index (χ1n) is 9.14. The molecule has 9 nitrogen and oxygen atoms in total. The number of nitrogens with one attached hydrogen (secondary N) is 1. The maximum Gasteiger partial charge on any atom is 0.289 e. The zero-order valence-electron chi connectivity index (χ0n) is 16.5. The molecule has 0 aromatic carbocycles. The van der Waals surface area contributed by atoms with Crippen LogP contribution in [-0.2, 0) is 10.0 Å². The number of pyridine rings is 1. The molecule has 1 fully saturated rings. The lowest BCUT2D eigenvalue weighted by molar-refractivity contribution is 0.0708. The number of sulfonamides is 1. The number of nitriles is 1. The molecule has 1 N–H and O–H groups in total. The average Bonchev–Trinajstić information content (AvgIpc) is 3.17. The van der Waals surface area contributed by atoms with E-state index in [2.05, 4.69) is 15.8 Å². The van der Waals surface area contributed by atoms with Gasteiger partial charge in [-0.25, -0.2) is 18.1 Å². The second-order valence-electron chi connectivity index (χ2n) is 7.74. The molecule has 1 aliphatic rings. The summed E-state index contributed by atoms with van der Waals surface area (Å²) in [7, 11) is -3.85. The van der Waals surface area contributed by atoms with Gasteiger partial charge in [0.25, 0.3) is 15.9 Å². The normalized spacial score (nSPS) is 15.2. The minimum absolute atomic E-state index is 0.0247. The van der Waals surface area contributed by atoms with Crippen molar-refractivity contribution < 1.29 is 17.6 Å². The van der Waals surface area contributed by atoms with Crippen LogP contribution in [0, 0.1) is 11.3 Å². The van der Waals surface area contributed by atoms with Crippen LogP contribution < -0.4 is 9.62 Å². The summed E-state index contributed by atoms with van der Waals surface area (Å²) in [4.78, 5) is 20.5. The molecular weight excluding hydrogens is 394 g/mol. The van der Waals surface area contributed by atoms with Crippen molar-refractivity contribution in [2.75, 3.05) is 31.1 Å². The quantitative estimate of drug-likeness (QED) is 0.802. The van der Waals surface area contributed by atoms with Crippen molar-refractivity contribution in [3.8, 4) is 6.07 Å². The van der Waals surface area contributed by atoms with E-state index in [1.807, 2.05) is 4.90 Å². The molecule has 2 aromatic rings. The Bertz CT molecular complexity index is 1040. The number of furan rings is 1. The first-order chi connectivity index (χ1) is 13.6. The third-order valence-corrected chi connectivity index (χ3v) is 5.90. The fourth-order valence-electron chi connectivity index (χ4n) is 3.05. The van der Waals surface area contributed by atoms with E-state index in [0.29, 0.717) is 37.6 Å². The van der Waals surface area contributed by atoms with Crippen molar-refractivity contribution in [1.29, 1.82) is 5.26 Å². The second-order valence-corrected chi connectivity index (χ2v) is 9.35. The molecule has 154 valence electrons. The first kappa shape index (κ1) is 20.8. The van der Waals surface area contributed by atoms with Crippen LogP contribution >= 0.6 is 0 Å². The smallest absolute Gasteiger partial charge is 0.289 e.